The number of nitrogens with zero attached hydrogens (tertiary/aromatic N) is 4. The number of likely N-dealkylation sites (N-methyl/N-ethyl adjacent to an activating group) is 1. The molecule has 0 bridgehead atoms. The molecule has 7 nitrogen and oxygen atoms in total. The fraction of sp³-hybridized carbons (Fsp3) is 0.438. The molecule has 2 aromatic rings. The van der Waals surface area contributed by atoms with Crippen LogP contribution >= 0.6 is 0 Å². The van der Waals surface area contributed by atoms with E-state index in [4.69, 9.17) is 0 Å². The molecule has 0 saturated heterocycles. The zero-order valence-corrected chi connectivity index (χ0v) is 13.7. The van der Waals surface area contributed by atoms with E-state index < -0.39 is 5.60 Å². The quantitative estimate of drug-likeness (QED) is 0.847. The maximum atomic E-state index is 12.1. The van der Waals surface area contributed by atoms with Gasteiger partial charge in [-0.05, 0) is 32.4 Å². The van der Waals surface area contributed by atoms with Crippen molar-refractivity contribution < 1.29 is 9.90 Å². The van der Waals surface area contributed by atoms with Crippen molar-refractivity contribution in [3.05, 3.63) is 42.6 Å². The highest BCUT2D eigenvalue weighted by atomic mass is 16.3. The van der Waals surface area contributed by atoms with E-state index in [0.717, 1.165) is 11.4 Å². The van der Waals surface area contributed by atoms with Crippen molar-refractivity contribution in [3.63, 3.8) is 0 Å². The number of rotatable bonds is 6. The summed E-state index contributed by atoms with van der Waals surface area (Å²) in [5.41, 5.74) is -0.0111. The largest absolute Gasteiger partial charge is 0.389 e. The Labute approximate surface area is 136 Å². The number of imidazole rings is 1. The zero-order chi connectivity index (χ0) is 16.9. The third-order valence-corrected chi connectivity index (χ3v) is 3.27. The number of carbonyl (C=O) groups is 1. The zero-order valence-electron chi connectivity index (χ0n) is 13.7. The Hall–Kier alpha value is -2.41. The average molecular weight is 317 g/mol. The van der Waals surface area contributed by atoms with Crippen molar-refractivity contribution in [2.45, 2.75) is 32.9 Å². The summed E-state index contributed by atoms with van der Waals surface area (Å²) in [6, 6.07) is 3.58. The number of amides is 2. The first kappa shape index (κ1) is 17.0. The van der Waals surface area contributed by atoms with Crippen LogP contribution < -0.4 is 5.32 Å². The number of aliphatic hydroxyl groups is 1. The summed E-state index contributed by atoms with van der Waals surface area (Å²) in [5.74, 6) is 0.773. The number of nitrogens with one attached hydrogen (secondary N) is 1. The van der Waals surface area contributed by atoms with Crippen molar-refractivity contribution in [3.8, 4) is 5.82 Å². The Balaban J connectivity index is 1.91. The molecule has 0 atom stereocenters. The topological polar surface area (TPSA) is 83.3 Å². The Morgan fingerprint density at radius 1 is 1.43 bits per heavy atom. The highest BCUT2D eigenvalue weighted by molar-refractivity contribution is 5.74. The lowest BCUT2D eigenvalue weighted by atomic mass is 10.1. The maximum Gasteiger partial charge on any atom is 0.317 e. The van der Waals surface area contributed by atoms with Gasteiger partial charge in [0.05, 0.1) is 12.1 Å². The molecule has 2 rings (SSSR count). The molecule has 2 aromatic heterocycles. The van der Waals surface area contributed by atoms with Crippen LogP contribution in [-0.2, 0) is 6.54 Å². The monoisotopic (exact) mass is 317 g/mol. The summed E-state index contributed by atoms with van der Waals surface area (Å²) in [6.07, 6.45) is 6.92. The molecule has 0 aromatic carbocycles. The smallest absolute Gasteiger partial charge is 0.317 e. The molecule has 0 saturated carbocycles. The maximum absolute atomic E-state index is 12.1. The molecule has 2 amide bonds. The van der Waals surface area contributed by atoms with Gasteiger partial charge in [0.15, 0.2) is 0 Å². The fourth-order valence-electron chi connectivity index (χ4n) is 2.15. The minimum absolute atomic E-state index is 0.201. The van der Waals surface area contributed by atoms with Gasteiger partial charge < -0.3 is 15.3 Å². The third-order valence-electron chi connectivity index (χ3n) is 3.27. The van der Waals surface area contributed by atoms with Crippen LogP contribution in [-0.4, -0.2) is 49.3 Å². The van der Waals surface area contributed by atoms with Gasteiger partial charge in [-0.1, -0.05) is 6.07 Å². The van der Waals surface area contributed by atoms with Gasteiger partial charge in [0.2, 0.25) is 0 Å². The number of urea groups is 1. The second kappa shape index (κ2) is 7.23. The predicted molar refractivity (Wildman–Crippen MR) is 87.1 cm³/mol. The van der Waals surface area contributed by atoms with E-state index in [9.17, 15) is 9.90 Å². The summed E-state index contributed by atoms with van der Waals surface area (Å²) < 4.78 is 1.81. The lowest BCUT2D eigenvalue weighted by Crippen LogP contribution is -2.46. The molecule has 2 N–H and O–H groups in total. The van der Waals surface area contributed by atoms with Crippen LogP contribution in [0.2, 0.25) is 0 Å². The Bertz CT molecular complexity index is 617. The molecule has 0 unspecified atom stereocenters. The lowest BCUT2D eigenvalue weighted by Gasteiger charge is -2.28. The normalized spacial score (nSPS) is 11.3. The molecule has 2 heterocycles. The lowest BCUT2D eigenvalue weighted by molar-refractivity contribution is 0.0480. The summed E-state index contributed by atoms with van der Waals surface area (Å²) in [4.78, 5) is 22.0. The van der Waals surface area contributed by atoms with Crippen molar-refractivity contribution in [1.82, 2.24) is 24.8 Å². The second-order valence-corrected chi connectivity index (χ2v) is 5.98. The molecule has 0 radical (unpaired) electrons. The van der Waals surface area contributed by atoms with Crippen LogP contribution in [0.1, 0.15) is 26.3 Å². The van der Waals surface area contributed by atoms with Gasteiger partial charge in [-0.15, -0.1) is 0 Å². The molecule has 7 heteroatoms. The van der Waals surface area contributed by atoms with Crippen LogP contribution in [0.5, 0.6) is 0 Å². The molecule has 0 fully saturated rings. The van der Waals surface area contributed by atoms with Gasteiger partial charge in [-0.3, -0.25) is 4.57 Å². The van der Waals surface area contributed by atoms with Crippen molar-refractivity contribution >= 4 is 6.03 Å². The minimum atomic E-state index is -0.915. The first-order valence-corrected chi connectivity index (χ1v) is 7.57. The van der Waals surface area contributed by atoms with Crippen molar-refractivity contribution in [2.75, 3.05) is 13.1 Å². The van der Waals surface area contributed by atoms with Crippen LogP contribution in [0.25, 0.3) is 5.82 Å². The molecule has 0 aliphatic heterocycles. The van der Waals surface area contributed by atoms with E-state index in [0.29, 0.717) is 13.1 Å². The minimum Gasteiger partial charge on any atom is -0.389 e. The van der Waals surface area contributed by atoms with E-state index in [1.165, 1.54) is 0 Å². The highest BCUT2D eigenvalue weighted by Crippen LogP contribution is 2.07. The van der Waals surface area contributed by atoms with E-state index in [-0.39, 0.29) is 12.6 Å². The first-order valence-electron chi connectivity index (χ1n) is 7.57. The number of hydrogen-bond donors (Lipinski definition) is 2. The Morgan fingerprint density at radius 3 is 2.74 bits per heavy atom. The molecular formula is C16H23N5O2. The number of hydrogen-bond acceptors (Lipinski definition) is 4. The first-order chi connectivity index (χ1) is 10.9. The molecular weight excluding hydrogens is 294 g/mol. The second-order valence-electron chi connectivity index (χ2n) is 5.98. The van der Waals surface area contributed by atoms with E-state index in [2.05, 4.69) is 15.3 Å². The van der Waals surface area contributed by atoms with E-state index in [1.54, 1.807) is 37.5 Å². The number of pyridine rings is 1. The van der Waals surface area contributed by atoms with E-state index >= 15 is 0 Å². The molecule has 124 valence electrons. The van der Waals surface area contributed by atoms with Gasteiger partial charge in [0.1, 0.15) is 12.1 Å². The van der Waals surface area contributed by atoms with Gasteiger partial charge in [-0.25, -0.2) is 14.8 Å². The van der Waals surface area contributed by atoms with Gasteiger partial charge in [0, 0.05) is 31.7 Å². The van der Waals surface area contributed by atoms with Crippen molar-refractivity contribution in [1.29, 1.82) is 0 Å². The summed E-state index contributed by atoms with van der Waals surface area (Å²) in [5, 5.41) is 12.7. The summed E-state index contributed by atoms with van der Waals surface area (Å²) in [7, 11) is 0. The highest BCUT2D eigenvalue weighted by Gasteiger charge is 2.20. The molecule has 0 aliphatic carbocycles. The SMILES string of the molecule is CCN(CC(C)(C)O)C(=O)NCc1ccc(-n2ccnc2)nc1. The van der Waals surface area contributed by atoms with Crippen LogP contribution in [0.4, 0.5) is 4.79 Å². The van der Waals surface area contributed by atoms with Crippen LogP contribution in [0.15, 0.2) is 37.1 Å². The van der Waals surface area contributed by atoms with Gasteiger partial charge in [-0.2, -0.15) is 0 Å². The van der Waals surface area contributed by atoms with E-state index in [1.807, 2.05) is 29.8 Å². The number of carbonyl (C=O) groups excluding carboxylic acids is 1. The third kappa shape index (κ3) is 5.07. The molecule has 23 heavy (non-hydrogen) atoms. The van der Waals surface area contributed by atoms with Crippen molar-refractivity contribution in [2.24, 2.45) is 0 Å². The molecule has 0 spiro atoms. The van der Waals surface area contributed by atoms with Gasteiger partial charge >= 0.3 is 6.03 Å². The standard InChI is InChI=1S/C16H23N5O2/c1-4-20(11-16(2,3)23)15(22)19-10-13-5-6-14(18-9-13)21-8-7-17-12-21/h5-9,12,23H,4,10-11H2,1-3H3,(H,19,22). The van der Waals surface area contributed by atoms with Crippen LogP contribution in [0.3, 0.4) is 0 Å². The number of aromatic nitrogens is 3. The summed E-state index contributed by atoms with van der Waals surface area (Å²) in [6.45, 7) is 6.45. The Morgan fingerprint density at radius 2 is 2.22 bits per heavy atom. The van der Waals surface area contributed by atoms with Crippen LogP contribution in [0, 0.1) is 0 Å². The Kier molecular flexibility index (Phi) is 5.33. The van der Waals surface area contributed by atoms with Gasteiger partial charge in [0.25, 0.3) is 0 Å². The fourth-order valence-corrected chi connectivity index (χ4v) is 2.15. The molecule has 0 aliphatic rings. The average Bonchev–Trinajstić information content (AvgIpc) is 3.04. The predicted octanol–water partition coefficient (Wildman–Crippen LogP) is 1.57. The summed E-state index contributed by atoms with van der Waals surface area (Å²) >= 11 is 0.